The van der Waals surface area contributed by atoms with E-state index >= 15 is 0 Å². The van der Waals surface area contributed by atoms with Crippen LogP contribution in [-0.2, 0) is 0 Å². The van der Waals surface area contributed by atoms with Crippen molar-refractivity contribution in [2.45, 2.75) is 19.4 Å². The van der Waals surface area contributed by atoms with Gasteiger partial charge >= 0.3 is 0 Å². The summed E-state index contributed by atoms with van der Waals surface area (Å²) in [5.74, 6) is 0.802. The monoisotopic (exact) mass is 482 g/mol. The number of halogens is 3. The first-order valence-electron chi connectivity index (χ1n) is 6.08. The Balaban J connectivity index is 2.22. The molecule has 2 rings (SSSR count). The average Bonchev–Trinajstić information content (AvgIpc) is 2.76. The summed E-state index contributed by atoms with van der Waals surface area (Å²) in [7, 11) is 0. The number of rotatable bonds is 5. The van der Waals surface area contributed by atoms with Gasteiger partial charge in [-0.25, -0.2) is 0 Å². The Morgan fingerprint density at radius 1 is 1.20 bits per heavy atom. The molecule has 0 spiro atoms. The van der Waals surface area contributed by atoms with Gasteiger partial charge in [-0.1, -0.05) is 13.0 Å². The quantitative estimate of drug-likeness (QED) is 0.572. The molecular formula is C14H13Br3O2S. The van der Waals surface area contributed by atoms with Gasteiger partial charge < -0.3 is 9.84 Å². The Labute approximate surface area is 147 Å². The van der Waals surface area contributed by atoms with Gasteiger partial charge in [-0.05, 0) is 78.0 Å². The van der Waals surface area contributed by atoms with Crippen LogP contribution in [0, 0.1) is 0 Å². The van der Waals surface area contributed by atoms with Crippen LogP contribution in [0.4, 0.5) is 0 Å². The Bertz CT molecular complexity index is 579. The molecule has 20 heavy (non-hydrogen) atoms. The van der Waals surface area contributed by atoms with Crippen molar-refractivity contribution >= 4 is 59.1 Å². The van der Waals surface area contributed by atoms with E-state index in [1.807, 2.05) is 24.3 Å². The smallest absolute Gasteiger partial charge is 0.133 e. The topological polar surface area (TPSA) is 29.5 Å². The highest BCUT2D eigenvalue weighted by Crippen LogP contribution is 2.38. The second-order valence-corrected chi connectivity index (χ2v) is 8.32. The minimum atomic E-state index is -0.640. The Hall–Kier alpha value is 0.120. The summed E-state index contributed by atoms with van der Waals surface area (Å²) < 4.78 is 8.40. The molecule has 0 saturated carbocycles. The van der Waals surface area contributed by atoms with Crippen molar-refractivity contribution in [2.75, 3.05) is 6.61 Å². The lowest BCUT2D eigenvalue weighted by Gasteiger charge is -2.12. The molecule has 0 radical (unpaired) electrons. The van der Waals surface area contributed by atoms with Gasteiger partial charge in [-0.15, -0.1) is 11.3 Å². The van der Waals surface area contributed by atoms with Crippen LogP contribution < -0.4 is 4.74 Å². The second kappa shape index (κ2) is 7.40. The average molecular weight is 485 g/mol. The Morgan fingerprint density at radius 3 is 2.50 bits per heavy atom. The van der Waals surface area contributed by atoms with Gasteiger partial charge in [0.15, 0.2) is 0 Å². The van der Waals surface area contributed by atoms with E-state index < -0.39 is 6.10 Å². The SMILES string of the molecule is CCCOc1ccc(C(O)c2cc(Br)c(Br)s2)cc1Br. The summed E-state index contributed by atoms with van der Waals surface area (Å²) in [6.45, 7) is 2.75. The minimum absolute atomic E-state index is 0.640. The molecule has 2 nitrogen and oxygen atoms in total. The van der Waals surface area contributed by atoms with E-state index in [-0.39, 0.29) is 0 Å². The van der Waals surface area contributed by atoms with Crippen LogP contribution in [0.25, 0.3) is 0 Å². The van der Waals surface area contributed by atoms with E-state index in [0.717, 1.165) is 35.3 Å². The first-order valence-corrected chi connectivity index (χ1v) is 9.27. The molecule has 0 aliphatic rings. The molecular weight excluding hydrogens is 472 g/mol. The molecule has 108 valence electrons. The van der Waals surface area contributed by atoms with E-state index in [0.29, 0.717) is 6.61 Å². The second-order valence-electron chi connectivity index (χ2n) is 4.21. The molecule has 1 heterocycles. The molecule has 0 fully saturated rings. The Morgan fingerprint density at radius 2 is 1.95 bits per heavy atom. The molecule has 6 heteroatoms. The number of thiophene rings is 1. The summed E-state index contributed by atoms with van der Waals surface area (Å²) >= 11 is 11.9. The molecule has 0 aliphatic heterocycles. The van der Waals surface area contributed by atoms with Gasteiger partial charge in [-0.3, -0.25) is 0 Å². The lowest BCUT2D eigenvalue weighted by atomic mass is 10.1. The largest absolute Gasteiger partial charge is 0.492 e. The maximum atomic E-state index is 10.4. The lowest BCUT2D eigenvalue weighted by molar-refractivity contribution is 0.224. The maximum absolute atomic E-state index is 10.4. The fourth-order valence-electron chi connectivity index (χ4n) is 1.68. The van der Waals surface area contributed by atoms with E-state index in [2.05, 4.69) is 54.7 Å². The van der Waals surface area contributed by atoms with Crippen LogP contribution in [-0.4, -0.2) is 11.7 Å². The van der Waals surface area contributed by atoms with Crippen molar-refractivity contribution in [1.29, 1.82) is 0 Å². The van der Waals surface area contributed by atoms with Crippen molar-refractivity contribution in [2.24, 2.45) is 0 Å². The van der Waals surface area contributed by atoms with Gasteiger partial charge in [0.25, 0.3) is 0 Å². The van der Waals surface area contributed by atoms with Gasteiger partial charge in [0.2, 0.25) is 0 Å². The number of aliphatic hydroxyl groups is 1. The molecule has 1 aromatic heterocycles. The highest BCUT2D eigenvalue weighted by atomic mass is 79.9. The molecule has 1 N–H and O–H groups in total. The van der Waals surface area contributed by atoms with Crippen molar-refractivity contribution in [3.05, 3.63) is 47.4 Å². The van der Waals surface area contributed by atoms with E-state index in [4.69, 9.17) is 4.74 Å². The zero-order chi connectivity index (χ0) is 14.7. The molecule has 1 atom stereocenters. The third-order valence-corrected chi connectivity index (χ3v) is 6.60. The van der Waals surface area contributed by atoms with E-state index in [9.17, 15) is 5.11 Å². The molecule has 0 aliphatic carbocycles. The van der Waals surface area contributed by atoms with Crippen LogP contribution >= 0.6 is 59.1 Å². The van der Waals surface area contributed by atoms with Gasteiger partial charge in [-0.2, -0.15) is 0 Å². The molecule has 1 unspecified atom stereocenters. The lowest BCUT2D eigenvalue weighted by Crippen LogP contribution is -1.99. The zero-order valence-corrected chi connectivity index (χ0v) is 16.3. The van der Waals surface area contributed by atoms with Crippen molar-refractivity contribution in [1.82, 2.24) is 0 Å². The predicted molar refractivity (Wildman–Crippen MR) is 93.7 cm³/mol. The zero-order valence-electron chi connectivity index (χ0n) is 10.7. The number of aliphatic hydroxyl groups excluding tert-OH is 1. The summed E-state index contributed by atoms with van der Waals surface area (Å²) in [6, 6.07) is 7.60. The van der Waals surface area contributed by atoms with Gasteiger partial charge in [0, 0.05) is 9.35 Å². The molecule has 0 amide bonds. The van der Waals surface area contributed by atoms with Crippen LogP contribution in [0.2, 0.25) is 0 Å². The fraction of sp³-hybridized carbons (Fsp3) is 0.286. The predicted octanol–water partition coefficient (Wildman–Crippen LogP) is 5.91. The highest BCUT2D eigenvalue weighted by molar-refractivity contribution is 9.13. The summed E-state index contributed by atoms with van der Waals surface area (Å²) in [6.07, 6.45) is 0.327. The number of hydrogen-bond acceptors (Lipinski definition) is 3. The molecule has 2 aromatic rings. The Kier molecular flexibility index (Phi) is 6.10. The maximum Gasteiger partial charge on any atom is 0.133 e. The summed E-state index contributed by atoms with van der Waals surface area (Å²) in [5, 5.41) is 10.4. The van der Waals surface area contributed by atoms with Crippen LogP contribution in [0.3, 0.4) is 0 Å². The van der Waals surface area contributed by atoms with E-state index in [1.165, 1.54) is 11.3 Å². The van der Waals surface area contributed by atoms with Gasteiger partial charge in [0.1, 0.15) is 11.9 Å². The number of benzene rings is 1. The standard InChI is InChI=1S/C14H13Br3O2S/c1-2-5-19-11-4-3-8(6-9(11)15)13(18)12-7-10(16)14(17)20-12/h3-4,6-7,13,18H,2,5H2,1H3. The van der Waals surface area contributed by atoms with Crippen LogP contribution in [0.5, 0.6) is 5.75 Å². The molecule has 1 aromatic carbocycles. The van der Waals surface area contributed by atoms with Crippen LogP contribution in [0.1, 0.15) is 29.9 Å². The van der Waals surface area contributed by atoms with Crippen molar-refractivity contribution < 1.29 is 9.84 Å². The minimum Gasteiger partial charge on any atom is -0.492 e. The third kappa shape index (κ3) is 3.85. The summed E-state index contributed by atoms with van der Waals surface area (Å²) in [5.41, 5.74) is 0.835. The molecule has 0 saturated heterocycles. The first-order chi connectivity index (χ1) is 9.52. The molecule has 0 bridgehead atoms. The highest BCUT2D eigenvalue weighted by Gasteiger charge is 2.16. The normalized spacial score (nSPS) is 12.4. The van der Waals surface area contributed by atoms with E-state index in [1.54, 1.807) is 0 Å². The third-order valence-electron chi connectivity index (χ3n) is 2.67. The number of hydrogen-bond donors (Lipinski definition) is 1. The van der Waals surface area contributed by atoms with Crippen molar-refractivity contribution in [3.63, 3.8) is 0 Å². The van der Waals surface area contributed by atoms with Crippen LogP contribution in [0.15, 0.2) is 37.0 Å². The van der Waals surface area contributed by atoms with Crippen molar-refractivity contribution in [3.8, 4) is 5.75 Å². The fourth-order valence-corrected chi connectivity index (χ4v) is 4.29. The summed E-state index contributed by atoms with van der Waals surface area (Å²) in [4.78, 5) is 0.887. The number of ether oxygens (including phenoxy) is 1. The first kappa shape index (κ1) is 16.5. The van der Waals surface area contributed by atoms with Gasteiger partial charge in [0.05, 0.1) is 14.9 Å².